The van der Waals surface area contributed by atoms with Gasteiger partial charge in [-0.2, -0.15) is 0 Å². The second-order valence-corrected chi connectivity index (χ2v) is 15.0. The van der Waals surface area contributed by atoms with Crippen LogP contribution in [0.15, 0.2) is 113 Å². The van der Waals surface area contributed by atoms with Gasteiger partial charge >= 0.3 is 26.6 Å². The van der Waals surface area contributed by atoms with E-state index in [9.17, 15) is 9.59 Å². The number of hydrogen-bond acceptors (Lipinski definition) is 5. The van der Waals surface area contributed by atoms with Gasteiger partial charge in [0.2, 0.25) is 0 Å². The normalized spacial score (nSPS) is 11.3. The molecule has 0 spiro atoms. The summed E-state index contributed by atoms with van der Waals surface area (Å²) in [5, 5.41) is 15.7. The number of nitrogens with one attached hydrogen (secondary N) is 1. The summed E-state index contributed by atoms with van der Waals surface area (Å²) in [5.41, 5.74) is 12.3. The maximum Gasteiger partial charge on any atom is 2.00 e. The van der Waals surface area contributed by atoms with Crippen LogP contribution in [0.1, 0.15) is 93.1 Å². The quantitative estimate of drug-likeness (QED) is 0.149. The van der Waals surface area contributed by atoms with Crippen molar-refractivity contribution in [3.05, 3.63) is 158 Å². The molecule has 278 valence electrons. The van der Waals surface area contributed by atoms with Gasteiger partial charge < -0.3 is 23.7 Å². The van der Waals surface area contributed by atoms with Crippen molar-refractivity contribution >= 4 is 7.12 Å². The molecule has 55 heavy (non-hydrogen) atoms. The van der Waals surface area contributed by atoms with Gasteiger partial charge in [0.1, 0.15) is 0 Å². The van der Waals surface area contributed by atoms with E-state index in [1.54, 1.807) is 0 Å². The number of aryl methyl sites for hydroxylation is 3. The van der Waals surface area contributed by atoms with Gasteiger partial charge in [0.05, 0.1) is 17.1 Å². The fourth-order valence-corrected chi connectivity index (χ4v) is 6.66. The maximum absolute atomic E-state index is 10.2. The zero-order chi connectivity index (χ0) is 38.7. The summed E-state index contributed by atoms with van der Waals surface area (Å²) in [6.07, 6.45) is 1.17. The smallest absolute Gasteiger partial charge is 0.407 e. The molecule has 0 saturated carbocycles. The average Bonchev–Trinajstić information content (AvgIpc) is 3.85. The van der Waals surface area contributed by atoms with Crippen LogP contribution in [0.5, 0.6) is 0 Å². The minimum atomic E-state index is -1.61. The first kappa shape index (κ1) is 40.8. The molecule has 7 aromatic rings. The molecule has 0 aliphatic rings. The molecule has 4 aromatic heterocycles. The Bertz CT molecular complexity index is 2200. The minimum absolute atomic E-state index is 0. The molecule has 0 atom stereocenters. The molecule has 0 saturated heterocycles. The van der Waals surface area contributed by atoms with Gasteiger partial charge in [-0.1, -0.05) is 121 Å². The monoisotopic (exact) mass is 784 g/mol. The maximum atomic E-state index is 10.2. The van der Waals surface area contributed by atoms with E-state index < -0.39 is 18.4 Å². The van der Waals surface area contributed by atoms with Crippen LogP contribution in [0.3, 0.4) is 0 Å². The molecular weight excluding hydrogens is 737 g/mol. The number of aromatic nitrogens is 8. The number of H-pyrrole nitrogens is 1. The van der Waals surface area contributed by atoms with Crippen LogP contribution >= 0.6 is 0 Å². The van der Waals surface area contributed by atoms with E-state index in [0.29, 0.717) is 17.8 Å². The van der Waals surface area contributed by atoms with Crippen LogP contribution in [-0.2, 0) is 19.5 Å². The molecule has 1 N–H and O–H groups in total. The fraction of sp³-hybridized carbons (Fsp3) is 0.279. The largest absolute Gasteiger partial charge is 2.00 e. The molecule has 0 radical (unpaired) electrons. The SMILES string of the molecule is Cc1cc(-c2ccc(C(C)C)cc2)nn1[BH-](n1nc(-c2ccc(C(C)C)cc2)cc1C)n1nc(-c2ccc(C(C)C)cc2)cc1C.O=c1cc[n-]c(=O)[nH]1.[Zn+2]. The molecule has 7 rings (SSSR count). The summed E-state index contributed by atoms with van der Waals surface area (Å²) in [6, 6.07) is 34.1. The molecule has 3 aromatic carbocycles. The van der Waals surface area contributed by atoms with Gasteiger partial charge in [0.15, 0.2) is 11.2 Å². The van der Waals surface area contributed by atoms with Gasteiger partial charge in [-0.15, -0.1) is 0 Å². The van der Waals surface area contributed by atoms with Gasteiger partial charge in [-0.3, -0.25) is 9.59 Å². The third-order valence-corrected chi connectivity index (χ3v) is 10.0. The van der Waals surface area contributed by atoms with E-state index in [4.69, 9.17) is 15.3 Å². The molecule has 4 heterocycles. The van der Waals surface area contributed by atoms with Crippen LogP contribution in [0.2, 0.25) is 0 Å². The van der Waals surface area contributed by atoms with Crippen molar-refractivity contribution in [3.8, 4) is 33.8 Å². The Hall–Kier alpha value is -5.34. The number of hydrogen-bond donors (Lipinski definition) is 1. The Balaban J connectivity index is 0.000000574. The summed E-state index contributed by atoms with van der Waals surface area (Å²) in [4.78, 5) is 25.5. The van der Waals surface area contributed by atoms with Crippen LogP contribution < -0.4 is 16.2 Å². The molecule has 0 aliphatic carbocycles. The van der Waals surface area contributed by atoms with E-state index >= 15 is 0 Å². The third kappa shape index (κ3) is 9.31. The Morgan fingerprint density at radius 2 is 0.836 bits per heavy atom. The van der Waals surface area contributed by atoms with E-state index in [1.807, 2.05) is 4.98 Å². The van der Waals surface area contributed by atoms with Crippen molar-refractivity contribution in [2.75, 3.05) is 0 Å². The molecule has 0 bridgehead atoms. The second kappa shape index (κ2) is 17.4. The van der Waals surface area contributed by atoms with E-state index in [-0.39, 0.29) is 19.5 Å². The topological polar surface area (TPSA) is 117 Å². The van der Waals surface area contributed by atoms with Crippen molar-refractivity contribution in [2.24, 2.45) is 0 Å². The molecule has 10 nitrogen and oxygen atoms in total. The van der Waals surface area contributed by atoms with Crippen LogP contribution in [0.25, 0.3) is 33.8 Å². The first-order valence-corrected chi connectivity index (χ1v) is 18.7. The summed E-state index contributed by atoms with van der Waals surface area (Å²) in [5.74, 6) is 1.46. The van der Waals surface area contributed by atoms with Crippen molar-refractivity contribution in [2.45, 2.75) is 80.1 Å². The molecule has 0 aliphatic heterocycles. The molecular formula is C43H49BN8O2Zn. The molecule has 0 fully saturated rings. The summed E-state index contributed by atoms with van der Waals surface area (Å²) < 4.78 is 6.43. The summed E-state index contributed by atoms with van der Waals surface area (Å²) in [7, 11) is -1.61. The Morgan fingerprint density at radius 1 is 0.527 bits per heavy atom. The second-order valence-electron chi connectivity index (χ2n) is 15.0. The standard InChI is InChI=1S/C39H46BN6.C4H4N2O2.Zn/c1-25(2)31-10-16-34(17-11-31)37-22-28(7)44(41-37)40(45-29(8)23-38(42-45)35-18-12-32(13-19-35)26(3)4)46-30(9)24-39(43-46)36-20-14-33(15-21-36)27(5)6;7-3-1-2-5-4(8)6-3;/h10-27,40H,1-9H3;1-2H,(H2,5,6,7,8);/q-1;;+2/p-1. The zero-order valence-electron chi connectivity index (χ0n) is 33.4. The number of nitrogens with zero attached hydrogens (tertiary/aromatic N) is 7. The van der Waals surface area contributed by atoms with Gasteiger partial charge in [-0.05, 0) is 96.6 Å². The predicted molar refractivity (Wildman–Crippen MR) is 219 cm³/mol. The van der Waals surface area contributed by atoms with Crippen molar-refractivity contribution in [3.63, 3.8) is 0 Å². The van der Waals surface area contributed by atoms with Gasteiger partial charge in [0, 0.05) is 16.7 Å². The van der Waals surface area contributed by atoms with E-state index in [2.05, 4.69) is 172 Å². The molecule has 12 heteroatoms. The van der Waals surface area contributed by atoms with Gasteiger partial charge in [-0.25, -0.2) is 15.3 Å². The van der Waals surface area contributed by atoms with Crippen molar-refractivity contribution in [1.82, 2.24) is 39.0 Å². The summed E-state index contributed by atoms with van der Waals surface area (Å²) in [6.45, 7) is 19.7. The van der Waals surface area contributed by atoms with Crippen LogP contribution in [0, 0.1) is 20.8 Å². The van der Waals surface area contributed by atoms with Crippen molar-refractivity contribution in [1.29, 1.82) is 0 Å². The Kier molecular flexibility index (Phi) is 12.9. The van der Waals surface area contributed by atoms with E-state index in [1.165, 1.54) is 29.0 Å². The third-order valence-electron chi connectivity index (χ3n) is 10.0. The van der Waals surface area contributed by atoms with Crippen LogP contribution in [0.4, 0.5) is 0 Å². The minimum Gasteiger partial charge on any atom is -0.407 e. The number of benzene rings is 3. The zero-order valence-corrected chi connectivity index (χ0v) is 36.4. The number of rotatable bonds is 9. The first-order chi connectivity index (χ1) is 25.8. The predicted octanol–water partition coefficient (Wildman–Crippen LogP) is 7.92. The molecule has 0 amide bonds. The van der Waals surface area contributed by atoms with E-state index in [0.717, 1.165) is 50.9 Å². The Labute approximate surface area is 336 Å². The number of aromatic amines is 1. The van der Waals surface area contributed by atoms with Crippen molar-refractivity contribution < 1.29 is 19.5 Å². The van der Waals surface area contributed by atoms with Crippen LogP contribution in [-0.4, -0.2) is 41.2 Å². The molecule has 0 unspecified atom stereocenters. The average molecular weight is 786 g/mol. The first-order valence-electron chi connectivity index (χ1n) is 18.7. The Morgan fingerprint density at radius 3 is 1.07 bits per heavy atom. The summed E-state index contributed by atoms with van der Waals surface area (Å²) >= 11 is 0. The fourth-order valence-electron chi connectivity index (χ4n) is 6.66. The van der Waals surface area contributed by atoms with Gasteiger partial charge in [0.25, 0.3) is 0 Å².